The summed E-state index contributed by atoms with van der Waals surface area (Å²) >= 11 is 0. The molecule has 0 spiro atoms. The van der Waals surface area contributed by atoms with E-state index in [4.69, 9.17) is 9.47 Å². The highest BCUT2D eigenvalue weighted by molar-refractivity contribution is 5.03. The molecule has 1 N–H and O–H groups in total. The first kappa shape index (κ1) is 9.19. The number of ether oxygens (including phenoxy) is 2. The van der Waals surface area contributed by atoms with Gasteiger partial charge in [0.2, 0.25) is 0 Å². The van der Waals surface area contributed by atoms with Gasteiger partial charge in [0.25, 0.3) is 0 Å². The van der Waals surface area contributed by atoms with Crippen LogP contribution in [0.25, 0.3) is 0 Å². The van der Waals surface area contributed by atoms with Gasteiger partial charge in [-0.15, -0.1) is 0 Å². The van der Waals surface area contributed by atoms with Gasteiger partial charge in [0.1, 0.15) is 0 Å². The third-order valence-corrected chi connectivity index (χ3v) is 2.59. The molecule has 74 valence electrons. The molecule has 0 aromatic carbocycles. The van der Waals surface area contributed by atoms with Crippen LogP contribution in [0.1, 0.15) is 25.7 Å². The predicted octanol–water partition coefficient (Wildman–Crippen LogP) is 1.22. The fraction of sp³-hybridized carbons (Fsp3) is 0.800. The Morgan fingerprint density at radius 3 is 2.77 bits per heavy atom. The SMILES string of the molecule is OC1(OC2CCOCC2)C=CCC1. The summed E-state index contributed by atoms with van der Waals surface area (Å²) < 4.78 is 10.8. The average molecular weight is 184 g/mol. The summed E-state index contributed by atoms with van der Waals surface area (Å²) in [5, 5.41) is 9.89. The fourth-order valence-electron chi connectivity index (χ4n) is 1.82. The molecule has 0 saturated carbocycles. The molecule has 0 bridgehead atoms. The van der Waals surface area contributed by atoms with Crippen LogP contribution in [0.15, 0.2) is 12.2 Å². The van der Waals surface area contributed by atoms with E-state index in [-0.39, 0.29) is 6.10 Å². The standard InChI is InChI=1S/C10H16O3/c11-10(5-1-2-6-10)13-9-3-7-12-8-4-9/h1,5,9,11H,2-4,6-8H2. The average Bonchev–Trinajstić information content (AvgIpc) is 2.54. The van der Waals surface area contributed by atoms with E-state index in [2.05, 4.69) is 0 Å². The highest BCUT2D eigenvalue weighted by Gasteiger charge is 2.31. The molecule has 0 aromatic rings. The lowest BCUT2D eigenvalue weighted by Crippen LogP contribution is -2.35. The molecular formula is C10H16O3. The molecule has 1 saturated heterocycles. The van der Waals surface area contributed by atoms with Crippen LogP contribution < -0.4 is 0 Å². The molecule has 3 nitrogen and oxygen atoms in total. The molecule has 2 rings (SSSR count). The molecule has 1 fully saturated rings. The second-order valence-corrected chi connectivity index (χ2v) is 3.72. The van der Waals surface area contributed by atoms with Crippen molar-refractivity contribution >= 4 is 0 Å². The topological polar surface area (TPSA) is 38.7 Å². The van der Waals surface area contributed by atoms with E-state index in [1.807, 2.05) is 6.08 Å². The van der Waals surface area contributed by atoms with Gasteiger partial charge in [0, 0.05) is 19.6 Å². The van der Waals surface area contributed by atoms with Gasteiger partial charge in [-0.1, -0.05) is 6.08 Å². The van der Waals surface area contributed by atoms with E-state index in [1.54, 1.807) is 6.08 Å². The lowest BCUT2D eigenvalue weighted by Gasteiger charge is -2.30. The largest absolute Gasteiger partial charge is 0.381 e. The van der Waals surface area contributed by atoms with Crippen LogP contribution in [0.5, 0.6) is 0 Å². The van der Waals surface area contributed by atoms with Crippen LogP contribution in [0.4, 0.5) is 0 Å². The molecule has 1 unspecified atom stereocenters. The molecule has 1 aliphatic heterocycles. The van der Waals surface area contributed by atoms with Crippen LogP contribution in [0.3, 0.4) is 0 Å². The van der Waals surface area contributed by atoms with Crippen LogP contribution in [0.2, 0.25) is 0 Å². The maximum atomic E-state index is 9.89. The van der Waals surface area contributed by atoms with Crippen LogP contribution in [0, 0.1) is 0 Å². The lowest BCUT2D eigenvalue weighted by atomic mass is 10.1. The van der Waals surface area contributed by atoms with Crippen molar-refractivity contribution in [1.82, 2.24) is 0 Å². The Bertz CT molecular complexity index is 196. The number of aliphatic hydroxyl groups is 1. The zero-order valence-corrected chi connectivity index (χ0v) is 7.74. The van der Waals surface area contributed by atoms with Gasteiger partial charge in [-0.25, -0.2) is 0 Å². The maximum Gasteiger partial charge on any atom is 0.185 e. The molecule has 1 atom stereocenters. The van der Waals surface area contributed by atoms with E-state index in [0.717, 1.165) is 32.5 Å². The summed E-state index contributed by atoms with van der Waals surface area (Å²) in [6.07, 6.45) is 7.32. The second-order valence-electron chi connectivity index (χ2n) is 3.72. The molecule has 3 heteroatoms. The summed E-state index contributed by atoms with van der Waals surface area (Å²) in [5.41, 5.74) is 0. The van der Waals surface area contributed by atoms with E-state index >= 15 is 0 Å². The minimum Gasteiger partial charge on any atom is -0.381 e. The normalized spacial score (nSPS) is 35.5. The van der Waals surface area contributed by atoms with Gasteiger partial charge < -0.3 is 14.6 Å². The molecule has 0 amide bonds. The van der Waals surface area contributed by atoms with Crippen molar-refractivity contribution < 1.29 is 14.6 Å². The number of rotatable bonds is 2. The molecule has 0 radical (unpaired) electrons. The molecule has 1 heterocycles. The zero-order valence-electron chi connectivity index (χ0n) is 7.74. The summed E-state index contributed by atoms with van der Waals surface area (Å²) in [6, 6.07) is 0. The number of allylic oxidation sites excluding steroid dienone is 1. The minimum atomic E-state index is -0.984. The number of hydrogen-bond acceptors (Lipinski definition) is 3. The van der Waals surface area contributed by atoms with Gasteiger partial charge in [0.15, 0.2) is 5.79 Å². The third kappa shape index (κ3) is 2.30. The van der Waals surface area contributed by atoms with Gasteiger partial charge in [0.05, 0.1) is 6.10 Å². The summed E-state index contributed by atoms with van der Waals surface area (Å²) in [4.78, 5) is 0. The molecule has 2 aliphatic rings. The monoisotopic (exact) mass is 184 g/mol. The first-order valence-electron chi connectivity index (χ1n) is 4.94. The van der Waals surface area contributed by atoms with Crippen molar-refractivity contribution in [3.63, 3.8) is 0 Å². The Balaban J connectivity index is 1.85. The Morgan fingerprint density at radius 1 is 1.38 bits per heavy atom. The van der Waals surface area contributed by atoms with E-state index in [9.17, 15) is 5.11 Å². The summed E-state index contributed by atoms with van der Waals surface area (Å²) in [5.74, 6) is -0.984. The Morgan fingerprint density at radius 2 is 2.15 bits per heavy atom. The van der Waals surface area contributed by atoms with Crippen molar-refractivity contribution in [2.75, 3.05) is 13.2 Å². The van der Waals surface area contributed by atoms with Crippen LogP contribution >= 0.6 is 0 Å². The van der Waals surface area contributed by atoms with Crippen molar-refractivity contribution in [3.8, 4) is 0 Å². The lowest BCUT2D eigenvalue weighted by molar-refractivity contribution is -0.209. The quantitative estimate of drug-likeness (QED) is 0.518. The molecule has 1 aliphatic carbocycles. The van der Waals surface area contributed by atoms with Crippen molar-refractivity contribution in [3.05, 3.63) is 12.2 Å². The first-order chi connectivity index (χ1) is 6.29. The van der Waals surface area contributed by atoms with Gasteiger partial charge in [-0.3, -0.25) is 0 Å². The van der Waals surface area contributed by atoms with Gasteiger partial charge >= 0.3 is 0 Å². The highest BCUT2D eigenvalue weighted by Crippen LogP contribution is 2.27. The third-order valence-electron chi connectivity index (χ3n) is 2.59. The van der Waals surface area contributed by atoms with E-state index in [1.165, 1.54) is 0 Å². The Hall–Kier alpha value is -0.380. The van der Waals surface area contributed by atoms with Crippen LogP contribution in [-0.2, 0) is 9.47 Å². The van der Waals surface area contributed by atoms with Crippen molar-refractivity contribution in [2.24, 2.45) is 0 Å². The van der Waals surface area contributed by atoms with Crippen LogP contribution in [-0.4, -0.2) is 30.2 Å². The Labute approximate surface area is 78.3 Å². The minimum absolute atomic E-state index is 0.168. The molecular weight excluding hydrogens is 168 g/mol. The Kier molecular flexibility index (Phi) is 2.67. The van der Waals surface area contributed by atoms with E-state index in [0.29, 0.717) is 6.42 Å². The number of hydrogen-bond donors (Lipinski definition) is 1. The smallest absolute Gasteiger partial charge is 0.185 e. The second kappa shape index (κ2) is 3.78. The molecule has 13 heavy (non-hydrogen) atoms. The van der Waals surface area contributed by atoms with E-state index < -0.39 is 5.79 Å². The van der Waals surface area contributed by atoms with Crippen molar-refractivity contribution in [1.29, 1.82) is 0 Å². The summed E-state index contributed by atoms with van der Waals surface area (Å²) in [6.45, 7) is 1.51. The van der Waals surface area contributed by atoms with Gasteiger partial charge in [-0.05, 0) is 25.3 Å². The molecule has 0 aromatic heterocycles. The first-order valence-corrected chi connectivity index (χ1v) is 4.94. The maximum absolute atomic E-state index is 9.89. The summed E-state index contributed by atoms with van der Waals surface area (Å²) in [7, 11) is 0. The zero-order chi connectivity index (χ0) is 9.15. The highest BCUT2D eigenvalue weighted by atomic mass is 16.6. The fourth-order valence-corrected chi connectivity index (χ4v) is 1.82. The van der Waals surface area contributed by atoms with Gasteiger partial charge in [-0.2, -0.15) is 0 Å². The van der Waals surface area contributed by atoms with Crippen molar-refractivity contribution in [2.45, 2.75) is 37.6 Å². The predicted molar refractivity (Wildman–Crippen MR) is 48.2 cm³/mol.